The van der Waals surface area contributed by atoms with Crippen molar-refractivity contribution in [2.45, 2.75) is 18.9 Å². The SMILES string of the molecule is NC1CCc2cn(-c3cccc(Br)c3)nc21. The van der Waals surface area contributed by atoms with Crippen LogP contribution in [-0.4, -0.2) is 9.78 Å². The van der Waals surface area contributed by atoms with Crippen molar-refractivity contribution < 1.29 is 0 Å². The third-order valence-electron chi connectivity index (χ3n) is 2.97. The lowest BCUT2D eigenvalue weighted by Crippen LogP contribution is -2.08. The molecule has 1 unspecified atom stereocenters. The number of fused-ring (bicyclic) bond motifs is 1. The summed E-state index contributed by atoms with van der Waals surface area (Å²) in [5.74, 6) is 0. The minimum absolute atomic E-state index is 0.114. The monoisotopic (exact) mass is 277 g/mol. The molecule has 0 saturated heterocycles. The van der Waals surface area contributed by atoms with Crippen LogP contribution in [0.4, 0.5) is 0 Å². The first kappa shape index (κ1) is 10.1. The summed E-state index contributed by atoms with van der Waals surface area (Å²) in [5, 5.41) is 4.55. The molecule has 1 aliphatic rings. The zero-order chi connectivity index (χ0) is 11.1. The fraction of sp³-hybridized carbons (Fsp3) is 0.250. The second-order valence-corrected chi connectivity index (χ2v) is 5.02. The van der Waals surface area contributed by atoms with E-state index in [-0.39, 0.29) is 6.04 Å². The smallest absolute Gasteiger partial charge is 0.0828 e. The second-order valence-electron chi connectivity index (χ2n) is 4.11. The largest absolute Gasteiger partial charge is 0.323 e. The van der Waals surface area contributed by atoms with Crippen molar-refractivity contribution in [1.29, 1.82) is 0 Å². The van der Waals surface area contributed by atoms with Crippen molar-refractivity contribution in [3.8, 4) is 5.69 Å². The Balaban J connectivity index is 2.05. The summed E-state index contributed by atoms with van der Waals surface area (Å²) < 4.78 is 2.97. The van der Waals surface area contributed by atoms with Crippen LogP contribution in [0.5, 0.6) is 0 Å². The van der Waals surface area contributed by atoms with E-state index in [4.69, 9.17) is 5.73 Å². The molecule has 3 nitrogen and oxygen atoms in total. The summed E-state index contributed by atoms with van der Waals surface area (Å²) in [6.07, 6.45) is 4.16. The van der Waals surface area contributed by atoms with Crippen molar-refractivity contribution in [2.75, 3.05) is 0 Å². The van der Waals surface area contributed by atoms with E-state index >= 15 is 0 Å². The number of halogens is 1. The van der Waals surface area contributed by atoms with Crippen molar-refractivity contribution in [2.24, 2.45) is 5.73 Å². The Bertz CT molecular complexity index is 533. The van der Waals surface area contributed by atoms with E-state index in [9.17, 15) is 0 Å². The van der Waals surface area contributed by atoms with E-state index in [0.29, 0.717) is 0 Å². The van der Waals surface area contributed by atoms with Gasteiger partial charge in [0.25, 0.3) is 0 Å². The zero-order valence-electron chi connectivity index (χ0n) is 8.73. The maximum absolute atomic E-state index is 5.98. The van der Waals surface area contributed by atoms with Gasteiger partial charge in [-0.15, -0.1) is 0 Å². The second kappa shape index (κ2) is 3.71. The Morgan fingerprint density at radius 3 is 3.06 bits per heavy atom. The van der Waals surface area contributed by atoms with Gasteiger partial charge in [-0.25, -0.2) is 4.68 Å². The molecule has 1 atom stereocenters. The van der Waals surface area contributed by atoms with Gasteiger partial charge in [-0.05, 0) is 36.6 Å². The van der Waals surface area contributed by atoms with Crippen LogP contribution in [0.15, 0.2) is 34.9 Å². The van der Waals surface area contributed by atoms with Crippen LogP contribution in [0.2, 0.25) is 0 Å². The molecule has 0 saturated carbocycles. The molecule has 0 spiro atoms. The van der Waals surface area contributed by atoms with Gasteiger partial charge in [-0.2, -0.15) is 5.10 Å². The van der Waals surface area contributed by atoms with E-state index in [1.807, 2.05) is 28.9 Å². The molecule has 1 aromatic carbocycles. The molecule has 1 aromatic heterocycles. The summed E-state index contributed by atoms with van der Waals surface area (Å²) in [7, 11) is 0. The molecule has 0 amide bonds. The van der Waals surface area contributed by atoms with E-state index in [1.54, 1.807) is 0 Å². The summed E-state index contributed by atoms with van der Waals surface area (Å²) >= 11 is 3.46. The van der Waals surface area contributed by atoms with E-state index in [0.717, 1.165) is 28.7 Å². The predicted octanol–water partition coefficient (Wildman–Crippen LogP) is 2.58. The summed E-state index contributed by atoms with van der Waals surface area (Å²) in [6, 6.07) is 8.22. The molecule has 0 bridgehead atoms. The van der Waals surface area contributed by atoms with E-state index in [2.05, 4.69) is 27.2 Å². The first-order valence-electron chi connectivity index (χ1n) is 5.34. The summed E-state index contributed by atoms with van der Waals surface area (Å²) in [6.45, 7) is 0. The van der Waals surface area contributed by atoms with Gasteiger partial charge in [0.15, 0.2) is 0 Å². The number of aromatic nitrogens is 2. The molecule has 0 radical (unpaired) electrons. The van der Waals surface area contributed by atoms with Gasteiger partial charge >= 0.3 is 0 Å². The number of aryl methyl sites for hydroxylation is 1. The molecule has 1 heterocycles. The molecule has 0 fully saturated rings. The third-order valence-corrected chi connectivity index (χ3v) is 3.46. The highest BCUT2D eigenvalue weighted by Crippen LogP contribution is 2.28. The van der Waals surface area contributed by atoms with Crippen LogP contribution in [0.25, 0.3) is 5.69 Å². The summed E-state index contributed by atoms with van der Waals surface area (Å²) in [4.78, 5) is 0. The Labute approximate surface area is 102 Å². The van der Waals surface area contributed by atoms with Crippen LogP contribution < -0.4 is 5.73 Å². The number of hydrogen-bond acceptors (Lipinski definition) is 2. The molecule has 0 aliphatic heterocycles. The van der Waals surface area contributed by atoms with E-state index < -0.39 is 0 Å². The molecule has 1 aliphatic carbocycles. The van der Waals surface area contributed by atoms with Crippen molar-refractivity contribution in [1.82, 2.24) is 9.78 Å². The van der Waals surface area contributed by atoms with Gasteiger partial charge in [-0.3, -0.25) is 0 Å². The number of benzene rings is 1. The average Bonchev–Trinajstić information content (AvgIpc) is 2.81. The Morgan fingerprint density at radius 1 is 1.44 bits per heavy atom. The van der Waals surface area contributed by atoms with Crippen LogP contribution in [0.3, 0.4) is 0 Å². The Kier molecular flexibility index (Phi) is 2.33. The first-order valence-corrected chi connectivity index (χ1v) is 6.13. The average molecular weight is 278 g/mol. The minimum Gasteiger partial charge on any atom is -0.323 e. The molecule has 16 heavy (non-hydrogen) atoms. The topological polar surface area (TPSA) is 43.8 Å². The number of hydrogen-bond donors (Lipinski definition) is 1. The highest BCUT2D eigenvalue weighted by atomic mass is 79.9. The van der Waals surface area contributed by atoms with Gasteiger partial charge in [0.05, 0.1) is 11.4 Å². The molecular formula is C12H12BrN3. The van der Waals surface area contributed by atoms with Crippen LogP contribution in [0.1, 0.15) is 23.7 Å². The quantitative estimate of drug-likeness (QED) is 0.871. The molecule has 2 N–H and O–H groups in total. The maximum Gasteiger partial charge on any atom is 0.0828 e. The normalized spacial score (nSPS) is 18.8. The van der Waals surface area contributed by atoms with Crippen LogP contribution in [0, 0.1) is 0 Å². The zero-order valence-corrected chi connectivity index (χ0v) is 10.3. The van der Waals surface area contributed by atoms with Gasteiger partial charge in [0.1, 0.15) is 0 Å². The molecular weight excluding hydrogens is 266 g/mol. The Hall–Kier alpha value is -1.13. The van der Waals surface area contributed by atoms with Gasteiger partial charge in [0, 0.05) is 16.7 Å². The van der Waals surface area contributed by atoms with Crippen LogP contribution >= 0.6 is 15.9 Å². The number of rotatable bonds is 1. The van der Waals surface area contributed by atoms with Gasteiger partial charge in [0.2, 0.25) is 0 Å². The number of nitrogens with two attached hydrogens (primary N) is 1. The van der Waals surface area contributed by atoms with Crippen LogP contribution in [-0.2, 0) is 6.42 Å². The number of nitrogens with zero attached hydrogens (tertiary/aromatic N) is 2. The molecule has 4 heteroatoms. The Morgan fingerprint density at radius 2 is 2.31 bits per heavy atom. The predicted molar refractivity (Wildman–Crippen MR) is 66.5 cm³/mol. The molecule has 3 rings (SSSR count). The van der Waals surface area contributed by atoms with Gasteiger partial charge < -0.3 is 5.73 Å². The fourth-order valence-corrected chi connectivity index (χ4v) is 2.51. The lowest BCUT2D eigenvalue weighted by atomic mass is 10.3. The highest BCUT2D eigenvalue weighted by Gasteiger charge is 2.23. The third kappa shape index (κ3) is 1.58. The standard InChI is InChI=1S/C12H12BrN3/c13-9-2-1-3-10(6-9)16-7-8-4-5-11(14)12(8)15-16/h1-3,6-7,11H,4-5,14H2. The highest BCUT2D eigenvalue weighted by molar-refractivity contribution is 9.10. The fourth-order valence-electron chi connectivity index (χ4n) is 2.13. The van der Waals surface area contributed by atoms with Gasteiger partial charge in [-0.1, -0.05) is 22.0 Å². The van der Waals surface area contributed by atoms with Crippen molar-refractivity contribution >= 4 is 15.9 Å². The maximum atomic E-state index is 5.98. The van der Waals surface area contributed by atoms with E-state index in [1.165, 1.54) is 5.56 Å². The first-order chi connectivity index (χ1) is 7.74. The minimum atomic E-state index is 0.114. The molecule has 82 valence electrons. The summed E-state index contributed by atoms with van der Waals surface area (Å²) in [5.41, 5.74) is 9.39. The van der Waals surface area contributed by atoms with Crippen molar-refractivity contribution in [3.05, 3.63) is 46.2 Å². The lowest BCUT2D eigenvalue weighted by molar-refractivity contribution is 0.669. The lowest BCUT2D eigenvalue weighted by Gasteiger charge is -2.03. The van der Waals surface area contributed by atoms with Crippen molar-refractivity contribution in [3.63, 3.8) is 0 Å². The molecule has 2 aromatic rings.